The van der Waals surface area contributed by atoms with E-state index in [1.165, 1.54) is 18.2 Å². The predicted molar refractivity (Wildman–Crippen MR) is 155 cm³/mol. The number of amides is 2. The van der Waals surface area contributed by atoms with E-state index in [1.807, 2.05) is 74.5 Å². The first kappa shape index (κ1) is 28.9. The molecule has 1 aliphatic carbocycles. The van der Waals surface area contributed by atoms with Gasteiger partial charge in [0.25, 0.3) is 0 Å². The van der Waals surface area contributed by atoms with Gasteiger partial charge in [-0.25, -0.2) is 0 Å². The smallest absolute Gasteiger partial charge is 0.306 e. The normalized spacial score (nSPS) is 14.2. The predicted octanol–water partition coefficient (Wildman–Crippen LogP) is 5.03. The highest BCUT2D eigenvalue weighted by molar-refractivity contribution is 5.91. The quantitative estimate of drug-likeness (QED) is 0.332. The van der Waals surface area contributed by atoms with Crippen molar-refractivity contribution >= 4 is 17.8 Å². The van der Waals surface area contributed by atoms with Crippen molar-refractivity contribution in [2.24, 2.45) is 11.8 Å². The summed E-state index contributed by atoms with van der Waals surface area (Å²) >= 11 is 0. The molecule has 2 N–H and O–H groups in total. The zero-order chi connectivity index (χ0) is 28.6. The maximum absolute atomic E-state index is 13.7. The van der Waals surface area contributed by atoms with Gasteiger partial charge in [0, 0.05) is 12.0 Å². The van der Waals surface area contributed by atoms with Crippen molar-refractivity contribution in [2.45, 2.75) is 51.6 Å². The molecule has 0 aliphatic heterocycles. The third-order valence-electron chi connectivity index (χ3n) is 7.36. The molecule has 0 saturated carbocycles. The van der Waals surface area contributed by atoms with Crippen LogP contribution in [0.3, 0.4) is 0 Å². The van der Waals surface area contributed by atoms with E-state index in [2.05, 4.69) is 22.8 Å². The molecule has 2 amide bonds. The van der Waals surface area contributed by atoms with E-state index in [0.29, 0.717) is 12.0 Å². The monoisotopic (exact) mass is 542 g/mol. The van der Waals surface area contributed by atoms with E-state index >= 15 is 0 Å². The van der Waals surface area contributed by atoms with Gasteiger partial charge in [0.05, 0.1) is 20.6 Å². The van der Waals surface area contributed by atoms with Crippen LogP contribution in [0.4, 0.5) is 0 Å². The van der Waals surface area contributed by atoms with Gasteiger partial charge < -0.3 is 20.1 Å². The Labute approximate surface area is 236 Å². The molecule has 7 nitrogen and oxygen atoms in total. The van der Waals surface area contributed by atoms with Gasteiger partial charge in [-0.05, 0) is 65.1 Å². The van der Waals surface area contributed by atoms with Gasteiger partial charge in [0.2, 0.25) is 11.8 Å². The summed E-state index contributed by atoms with van der Waals surface area (Å²) in [4.78, 5) is 39.3. The second kappa shape index (κ2) is 13.3. The van der Waals surface area contributed by atoms with E-state index < -0.39 is 17.9 Å². The number of methoxy groups -OCH3 is 2. The Morgan fingerprint density at radius 3 is 2.12 bits per heavy atom. The van der Waals surface area contributed by atoms with Gasteiger partial charge in [-0.1, -0.05) is 74.5 Å². The molecule has 1 unspecified atom stereocenters. The first-order chi connectivity index (χ1) is 19.3. The van der Waals surface area contributed by atoms with E-state index in [1.54, 1.807) is 7.11 Å². The van der Waals surface area contributed by atoms with Gasteiger partial charge in [0.15, 0.2) is 0 Å². The number of hydrogen-bond acceptors (Lipinski definition) is 5. The molecule has 210 valence electrons. The fourth-order valence-electron chi connectivity index (χ4n) is 5.31. The van der Waals surface area contributed by atoms with Crippen LogP contribution in [-0.2, 0) is 32.0 Å². The van der Waals surface area contributed by atoms with Crippen molar-refractivity contribution < 1.29 is 23.9 Å². The van der Waals surface area contributed by atoms with Crippen molar-refractivity contribution in [3.8, 4) is 16.9 Å². The van der Waals surface area contributed by atoms with Crippen LogP contribution in [0.15, 0.2) is 72.8 Å². The van der Waals surface area contributed by atoms with Crippen LogP contribution >= 0.6 is 0 Å². The Morgan fingerprint density at radius 1 is 0.850 bits per heavy atom. The maximum atomic E-state index is 13.7. The van der Waals surface area contributed by atoms with Crippen molar-refractivity contribution in [3.05, 3.63) is 89.5 Å². The second-order valence-electron chi connectivity index (χ2n) is 10.8. The lowest BCUT2D eigenvalue weighted by molar-refractivity contribution is -0.144. The molecule has 0 saturated heterocycles. The Balaban J connectivity index is 1.58. The van der Waals surface area contributed by atoms with Crippen LogP contribution in [0.2, 0.25) is 0 Å². The molecule has 3 aromatic rings. The van der Waals surface area contributed by atoms with E-state index in [9.17, 15) is 14.4 Å². The number of nitrogens with one attached hydrogen (secondary N) is 2. The lowest BCUT2D eigenvalue weighted by Gasteiger charge is -2.25. The van der Waals surface area contributed by atoms with Gasteiger partial charge in [0.1, 0.15) is 11.8 Å². The Kier molecular flexibility index (Phi) is 9.59. The summed E-state index contributed by atoms with van der Waals surface area (Å²) in [5.41, 5.74) is 5.06. The molecule has 40 heavy (non-hydrogen) atoms. The van der Waals surface area contributed by atoms with Crippen LogP contribution in [0.25, 0.3) is 11.1 Å². The second-order valence-corrected chi connectivity index (χ2v) is 10.8. The van der Waals surface area contributed by atoms with E-state index in [-0.39, 0.29) is 30.2 Å². The molecule has 0 bridgehead atoms. The zero-order valence-corrected chi connectivity index (χ0v) is 23.6. The highest BCUT2D eigenvalue weighted by atomic mass is 16.5. The van der Waals surface area contributed by atoms with Gasteiger partial charge in [-0.3, -0.25) is 14.4 Å². The van der Waals surface area contributed by atoms with Crippen molar-refractivity contribution in [3.63, 3.8) is 0 Å². The van der Waals surface area contributed by atoms with Gasteiger partial charge in [-0.2, -0.15) is 0 Å². The zero-order valence-electron chi connectivity index (χ0n) is 23.6. The van der Waals surface area contributed by atoms with Crippen LogP contribution < -0.4 is 15.4 Å². The number of fused-ring (bicyclic) bond motifs is 1. The average molecular weight is 543 g/mol. The molecule has 0 spiro atoms. The molecule has 0 radical (unpaired) electrons. The number of carbonyl (C=O) groups is 3. The summed E-state index contributed by atoms with van der Waals surface area (Å²) in [6.45, 7) is 3.99. The molecule has 7 heteroatoms. The van der Waals surface area contributed by atoms with Crippen LogP contribution in [0.1, 0.15) is 49.4 Å². The fraction of sp³-hybridized carbons (Fsp3) is 0.364. The Hall–Kier alpha value is -4.13. The van der Waals surface area contributed by atoms with Crippen LogP contribution in [0, 0.1) is 11.8 Å². The minimum atomic E-state index is -0.914. The molecule has 0 heterocycles. The van der Waals surface area contributed by atoms with Crippen molar-refractivity contribution in [1.82, 2.24) is 10.6 Å². The summed E-state index contributed by atoms with van der Waals surface area (Å²) in [5.74, 6) is -0.729. The van der Waals surface area contributed by atoms with Crippen molar-refractivity contribution in [1.29, 1.82) is 0 Å². The first-order valence-electron chi connectivity index (χ1n) is 13.8. The highest BCUT2D eigenvalue weighted by Crippen LogP contribution is 2.27. The minimum absolute atomic E-state index is 0.0401. The van der Waals surface area contributed by atoms with Crippen molar-refractivity contribution in [2.75, 3.05) is 14.2 Å². The number of esters is 1. The summed E-state index contributed by atoms with van der Waals surface area (Å²) in [5, 5.41) is 6.12. The summed E-state index contributed by atoms with van der Waals surface area (Å²) < 4.78 is 10.2. The fourth-order valence-corrected chi connectivity index (χ4v) is 5.31. The summed E-state index contributed by atoms with van der Waals surface area (Å²) in [6, 6.07) is 22.5. The molecular weight excluding hydrogens is 504 g/mol. The number of carbonyl (C=O) groups excluding carboxylic acids is 3. The first-order valence-corrected chi connectivity index (χ1v) is 13.8. The minimum Gasteiger partial charge on any atom is -0.497 e. The van der Waals surface area contributed by atoms with E-state index in [4.69, 9.17) is 9.47 Å². The summed E-state index contributed by atoms with van der Waals surface area (Å²) in [6.07, 6.45) is 1.95. The highest BCUT2D eigenvalue weighted by Gasteiger charge is 2.31. The number of ether oxygens (including phenoxy) is 2. The van der Waals surface area contributed by atoms with Crippen LogP contribution in [-0.4, -0.2) is 38.0 Å². The SMILES string of the molecule is COC(=O)C[C@@H](CC(C)C)C(=O)NC(C(=O)NC1Cc2ccccc2C1)c1ccc(-c2cccc(OC)c2)cc1. The van der Waals surface area contributed by atoms with Crippen LogP contribution in [0.5, 0.6) is 5.75 Å². The number of rotatable bonds is 11. The lowest BCUT2D eigenvalue weighted by atomic mass is 9.92. The molecule has 1 aliphatic rings. The lowest BCUT2D eigenvalue weighted by Crippen LogP contribution is -2.46. The Bertz CT molecular complexity index is 1310. The van der Waals surface area contributed by atoms with Gasteiger partial charge in [-0.15, -0.1) is 0 Å². The molecule has 3 aromatic carbocycles. The third kappa shape index (κ3) is 7.29. The maximum Gasteiger partial charge on any atom is 0.306 e. The number of hydrogen-bond donors (Lipinski definition) is 2. The largest absolute Gasteiger partial charge is 0.497 e. The Morgan fingerprint density at radius 2 is 1.52 bits per heavy atom. The third-order valence-corrected chi connectivity index (χ3v) is 7.36. The number of benzene rings is 3. The van der Waals surface area contributed by atoms with E-state index in [0.717, 1.165) is 29.7 Å². The van der Waals surface area contributed by atoms with Gasteiger partial charge >= 0.3 is 5.97 Å². The summed E-state index contributed by atoms with van der Waals surface area (Å²) in [7, 11) is 2.94. The molecule has 0 fully saturated rings. The molecular formula is C33H38N2O5. The average Bonchev–Trinajstić information content (AvgIpc) is 3.37. The topological polar surface area (TPSA) is 93.7 Å². The molecule has 0 aromatic heterocycles. The molecule has 2 atom stereocenters. The molecule has 4 rings (SSSR count). The standard InChI is InChI=1S/C33H38N2O5/c1-21(2)16-27(20-30(36)40-4)32(37)35-31(33(38)34-28-17-24-8-5-6-9-25(24)18-28)23-14-12-22(13-15-23)26-10-7-11-29(19-26)39-3/h5-15,19,21,27-28,31H,16-18,20H2,1-4H3,(H,34,38)(H,35,37)/t27-,31?/m1/s1.